The van der Waals surface area contributed by atoms with Crippen LogP contribution in [0.3, 0.4) is 0 Å². The number of hydrogen-bond donors (Lipinski definition) is 4. The molecule has 1 aromatic rings. The molecule has 0 saturated carbocycles. The Balaban J connectivity index is -0.000000747. The minimum atomic E-state index is -4.10. The summed E-state index contributed by atoms with van der Waals surface area (Å²) in [7, 11) is -4.10. The molecule has 0 radical (unpaired) electrons. The van der Waals surface area contributed by atoms with Crippen molar-refractivity contribution in [1.29, 1.82) is 0 Å². The highest BCUT2D eigenvalue weighted by molar-refractivity contribution is 7.85. The highest BCUT2D eigenvalue weighted by Crippen LogP contribution is 2.18. The summed E-state index contributed by atoms with van der Waals surface area (Å²) in [4.78, 5) is 0.0610. The lowest BCUT2D eigenvalue weighted by molar-refractivity contribution is 0.215. The molecule has 6 nitrogen and oxygen atoms in total. The lowest BCUT2D eigenvalue weighted by Crippen LogP contribution is -2.03. The van der Waals surface area contributed by atoms with E-state index >= 15 is 0 Å². The number of aliphatic hydroxyl groups excluding tert-OH is 2. The van der Waals surface area contributed by atoms with Crippen LogP contribution in [0.15, 0.2) is 29.2 Å². The second-order valence-electron chi connectivity index (χ2n) is 8.20. The van der Waals surface area contributed by atoms with Crippen molar-refractivity contribution in [3.63, 3.8) is 0 Å². The predicted octanol–water partition coefficient (Wildman–Crippen LogP) is 6.33. The fourth-order valence-corrected chi connectivity index (χ4v) is 3.52. The van der Waals surface area contributed by atoms with Gasteiger partial charge in [-0.15, -0.1) is 0 Å². The quantitative estimate of drug-likeness (QED) is 0.211. The van der Waals surface area contributed by atoms with Gasteiger partial charge in [0.15, 0.2) is 0 Å². The molecule has 0 aliphatic rings. The normalized spacial score (nSPS) is 10.6. The van der Waals surface area contributed by atoms with E-state index in [4.69, 9.17) is 10.2 Å². The lowest BCUT2D eigenvalue weighted by atomic mass is 10.0. The van der Waals surface area contributed by atoms with Gasteiger partial charge in [0.25, 0.3) is 10.1 Å². The number of benzene rings is 1. The molecule has 1 rings (SSSR count). The van der Waals surface area contributed by atoms with Gasteiger partial charge in [0.1, 0.15) is 0 Å². The largest absolute Gasteiger partial charge is 0.394 e. The number of rotatable bonds is 12. The number of hydrogen-bond acceptors (Lipinski definition) is 5. The maximum absolute atomic E-state index is 11.3. The average molecular weight is 464 g/mol. The molecule has 0 atom stereocenters. The SMILES string of the molecule is CC(C)O.CC(C)O.CCCCCCCCCCCCc1ccccc1S(=O)(=O)O.N. The van der Waals surface area contributed by atoms with Gasteiger partial charge in [-0.2, -0.15) is 8.42 Å². The second-order valence-corrected chi connectivity index (χ2v) is 9.59. The Morgan fingerprint density at radius 1 is 0.742 bits per heavy atom. The standard InChI is InChI=1S/C18H30O3S.2C3H8O.H3N/c1-2-3-4-5-6-7-8-9-10-11-14-17-15-12-13-16-18(17)22(19,20)21;2*1-3(2)4;/h12-13,15-16H,2-11,14H2,1H3,(H,19,20,21);2*3-4H,1-2H3;1H3. The van der Waals surface area contributed by atoms with Gasteiger partial charge in [0.05, 0.1) is 4.90 Å². The first-order chi connectivity index (χ1) is 14.0. The Bertz CT molecular complexity index is 592. The van der Waals surface area contributed by atoms with Gasteiger partial charge >= 0.3 is 0 Å². The Labute approximate surface area is 191 Å². The molecule has 1 aromatic carbocycles. The van der Waals surface area contributed by atoms with E-state index in [9.17, 15) is 13.0 Å². The van der Waals surface area contributed by atoms with Crippen LogP contribution < -0.4 is 6.15 Å². The smallest absolute Gasteiger partial charge is 0.294 e. The first-order valence-corrected chi connectivity index (χ1v) is 12.9. The van der Waals surface area contributed by atoms with Gasteiger partial charge in [0.2, 0.25) is 0 Å². The van der Waals surface area contributed by atoms with Crippen molar-refractivity contribution in [2.24, 2.45) is 0 Å². The van der Waals surface area contributed by atoms with Crippen molar-refractivity contribution in [2.45, 2.75) is 122 Å². The van der Waals surface area contributed by atoms with Crippen LogP contribution in [0.25, 0.3) is 0 Å². The third-order valence-corrected chi connectivity index (χ3v) is 5.00. The highest BCUT2D eigenvalue weighted by Gasteiger charge is 2.13. The maximum atomic E-state index is 11.3. The van der Waals surface area contributed by atoms with Crippen LogP contribution in [0.1, 0.15) is 104 Å². The van der Waals surface area contributed by atoms with Gasteiger partial charge in [-0.1, -0.05) is 82.9 Å². The molecule has 0 bridgehead atoms. The van der Waals surface area contributed by atoms with Crippen molar-refractivity contribution in [3.8, 4) is 0 Å². The van der Waals surface area contributed by atoms with E-state index in [1.165, 1.54) is 57.4 Å². The number of unbranched alkanes of at least 4 members (excludes halogenated alkanes) is 9. The molecule has 0 aromatic heterocycles. The van der Waals surface area contributed by atoms with E-state index in [1.807, 2.05) is 6.07 Å². The van der Waals surface area contributed by atoms with E-state index < -0.39 is 10.1 Å². The van der Waals surface area contributed by atoms with Crippen LogP contribution in [0.5, 0.6) is 0 Å². The van der Waals surface area contributed by atoms with E-state index in [2.05, 4.69) is 6.92 Å². The van der Waals surface area contributed by atoms with Crippen LogP contribution >= 0.6 is 0 Å². The zero-order valence-electron chi connectivity index (χ0n) is 20.5. The van der Waals surface area contributed by atoms with E-state index in [0.29, 0.717) is 6.42 Å². The van der Waals surface area contributed by atoms with Crippen LogP contribution in [0.4, 0.5) is 0 Å². The van der Waals surface area contributed by atoms with Gasteiger partial charge < -0.3 is 16.4 Å². The van der Waals surface area contributed by atoms with E-state index in [1.54, 1.807) is 39.8 Å². The van der Waals surface area contributed by atoms with E-state index in [-0.39, 0.29) is 23.3 Å². The highest BCUT2D eigenvalue weighted by atomic mass is 32.2. The Hall–Kier alpha value is -0.990. The Morgan fingerprint density at radius 3 is 1.48 bits per heavy atom. The molecule has 7 heteroatoms. The van der Waals surface area contributed by atoms with Crippen molar-refractivity contribution in [3.05, 3.63) is 29.8 Å². The molecule has 0 aliphatic heterocycles. The molecule has 0 amide bonds. The third-order valence-electron chi connectivity index (χ3n) is 4.05. The summed E-state index contributed by atoms with van der Waals surface area (Å²) in [6.07, 6.45) is 13.0. The molecule has 0 saturated heterocycles. The fourth-order valence-electron chi connectivity index (χ4n) is 2.76. The van der Waals surface area contributed by atoms with Gasteiger partial charge in [-0.25, -0.2) is 0 Å². The summed E-state index contributed by atoms with van der Waals surface area (Å²) in [5, 5.41) is 16.1. The van der Waals surface area contributed by atoms with Crippen LogP contribution in [-0.4, -0.2) is 35.4 Å². The second kappa shape index (κ2) is 22.2. The summed E-state index contributed by atoms with van der Waals surface area (Å²) < 4.78 is 31.8. The van der Waals surface area contributed by atoms with Crippen molar-refractivity contribution >= 4 is 10.1 Å². The lowest BCUT2D eigenvalue weighted by Gasteiger charge is -2.07. The molecule has 31 heavy (non-hydrogen) atoms. The first kappa shape index (κ1) is 34.6. The summed E-state index contributed by atoms with van der Waals surface area (Å²) in [6, 6.07) is 6.73. The van der Waals surface area contributed by atoms with Crippen molar-refractivity contribution in [1.82, 2.24) is 6.15 Å². The Kier molecular flexibility index (Phi) is 24.8. The zero-order chi connectivity index (χ0) is 23.4. The van der Waals surface area contributed by atoms with Gasteiger partial charge in [-0.3, -0.25) is 4.55 Å². The molecule has 6 N–H and O–H groups in total. The molecule has 0 heterocycles. The first-order valence-electron chi connectivity index (χ1n) is 11.4. The molecule has 0 spiro atoms. The van der Waals surface area contributed by atoms with Crippen LogP contribution in [0, 0.1) is 0 Å². The third kappa shape index (κ3) is 27.0. The van der Waals surface area contributed by atoms with Crippen LogP contribution in [-0.2, 0) is 16.5 Å². The van der Waals surface area contributed by atoms with E-state index in [0.717, 1.165) is 18.4 Å². The predicted molar refractivity (Wildman–Crippen MR) is 132 cm³/mol. The molecule has 0 fully saturated rings. The minimum Gasteiger partial charge on any atom is -0.394 e. The van der Waals surface area contributed by atoms with Crippen molar-refractivity contribution in [2.75, 3.05) is 0 Å². The monoisotopic (exact) mass is 463 g/mol. The number of aliphatic hydroxyl groups is 2. The summed E-state index contributed by atoms with van der Waals surface area (Å²) in [5.41, 5.74) is 0.726. The number of aryl methyl sites for hydroxylation is 1. The molecule has 0 aliphatic carbocycles. The van der Waals surface area contributed by atoms with Gasteiger partial charge in [-0.05, 0) is 52.2 Å². The Morgan fingerprint density at radius 2 is 1.10 bits per heavy atom. The summed E-state index contributed by atoms with van der Waals surface area (Å²) >= 11 is 0. The average Bonchev–Trinajstić information content (AvgIpc) is 2.62. The fraction of sp³-hybridized carbons (Fsp3) is 0.750. The van der Waals surface area contributed by atoms with Gasteiger partial charge in [0, 0.05) is 12.2 Å². The maximum Gasteiger partial charge on any atom is 0.294 e. The minimum absolute atomic E-state index is 0. The topological polar surface area (TPSA) is 130 Å². The summed E-state index contributed by atoms with van der Waals surface area (Å²) in [5.74, 6) is 0. The van der Waals surface area contributed by atoms with Crippen LogP contribution in [0.2, 0.25) is 0 Å². The zero-order valence-corrected chi connectivity index (χ0v) is 21.3. The molecule has 0 unspecified atom stereocenters. The van der Waals surface area contributed by atoms with Crippen molar-refractivity contribution < 1.29 is 23.2 Å². The molecular weight excluding hydrogens is 414 g/mol. The molecular formula is C24H49NO5S. The summed E-state index contributed by atoms with van der Waals surface area (Å²) in [6.45, 7) is 9.13. The molecule has 186 valence electrons.